The second kappa shape index (κ2) is 3.90. The Balaban J connectivity index is 2.75. The first-order chi connectivity index (χ1) is 2.81. The summed E-state index contributed by atoms with van der Waals surface area (Å²) in [5.41, 5.74) is 5.12. The van der Waals surface area contributed by atoms with E-state index in [0.717, 1.165) is 5.33 Å². The van der Waals surface area contributed by atoms with E-state index < -0.39 is 0 Å². The lowest BCUT2D eigenvalue weighted by molar-refractivity contribution is 0.958. The van der Waals surface area contributed by atoms with Crippen molar-refractivity contribution in [1.82, 2.24) is 0 Å². The molecule has 6 heavy (non-hydrogen) atoms. The SMILES string of the molecule is NCC(Cl)CBr. The molecule has 0 aromatic rings. The van der Waals surface area contributed by atoms with Crippen LogP contribution in [0.4, 0.5) is 0 Å². The van der Waals surface area contributed by atoms with Crippen LogP contribution in [0.5, 0.6) is 0 Å². The molecule has 0 rings (SSSR count). The van der Waals surface area contributed by atoms with Crippen molar-refractivity contribution in [2.24, 2.45) is 5.73 Å². The van der Waals surface area contributed by atoms with Crippen LogP contribution < -0.4 is 5.73 Å². The second-order valence-corrected chi connectivity index (χ2v) is 2.25. The number of hydrogen-bond acceptors (Lipinski definition) is 1. The van der Waals surface area contributed by atoms with Crippen LogP contribution in [0.1, 0.15) is 0 Å². The molecule has 1 nitrogen and oxygen atoms in total. The van der Waals surface area contributed by atoms with Gasteiger partial charge in [-0.2, -0.15) is 0 Å². The summed E-state index contributed by atoms with van der Waals surface area (Å²) in [7, 11) is 0. The first-order valence-electron chi connectivity index (χ1n) is 1.71. The van der Waals surface area contributed by atoms with Gasteiger partial charge < -0.3 is 5.73 Å². The average molecular weight is 172 g/mol. The van der Waals surface area contributed by atoms with Gasteiger partial charge in [0.2, 0.25) is 0 Å². The average Bonchev–Trinajstić information content (AvgIpc) is 1.65. The van der Waals surface area contributed by atoms with Gasteiger partial charge in [0, 0.05) is 11.9 Å². The summed E-state index contributed by atoms with van der Waals surface area (Å²) >= 11 is 8.64. The van der Waals surface area contributed by atoms with Gasteiger partial charge in [-0.05, 0) is 0 Å². The highest BCUT2D eigenvalue weighted by atomic mass is 79.9. The molecule has 0 aromatic carbocycles. The zero-order valence-electron chi connectivity index (χ0n) is 3.32. The fourth-order valence-corrected chi connectivity index (χ4v) is 0.327. The summed E-state index contributed by atoms with van der Waals surface area (Å²) in [4.78, 5) is 0. The maximum atomic E-state index is 5.48. The van der Waals surface area contributed by atoms with Crippen molar-refractivity contribution in [1.29, 1.82) is 0 Å². The summed E-state index contributed by atoms with van der Waals surface area (Å²) in [5, 5.41) is 0.885. The minimum absolute atomic E-state index is 0.102. The highest BCUT2D eigenvalue weighted by Gasteiger charge is 1.93. The van der Waals surface area contributed by atoms with Crippen molar-refractivity contribution in [2.75, 3.05) is 11.9 Å². The molecule has 0 fully saturated rings. The van der Waals surface area contributed by atoms with Crippen molar-refractivity contribution in [2.45, 2.75) is 5.38 Å². The first-order valence-corrected chi connectivity index (χ1v) is 3.27. The normalized spacial score (nSPS) is 14.5. The minimum atomic E-state index is 0.102. The number of halogens is 2. The van der Waals surface area contributed by atoms with Crippen LogP contribution in [0, 0.1) is 0 Å². The van der Waals surface area contributed by atoms with E-state index in [1.807, 2.05) is 0 Å². The molecule has 0 aliphatic rings. The lowest BCUT2D eigenvalue weighted by atomic mass is 10.5. The molecule has 0 bridgehead atoms. The van der Waals surface area contributed by atoms with Crippen LogP contribution in [0.2, 0.25) is 0 Å². The summed E-state index contributed by atoms with van der Waals surface area (Å²) in [6, 6.07) is 0. The number of nitrogens with two attached hydrogens (primary N) is 1. The van der Waals surface area contributed by atoms with Gasteiger partial charge in [0.05, 0.1) is 5.38 Å². The minimum Gasteiger partial charge on any atom is -0.329 e. The van der Waals surface area contributed by atoms with Crippen LogP contribution in [-0.2, 0) is 0 Å². The maximum Gasteiger partial charge on any atom is 0.0555 e. The van der Waals surface area contributed by atoms with Gasteiger partial charge in [0.1, 0.15) is 0 Å². The van der Waals surface area contributed by atoms with Crippen molar-refractivity contribution in [3.8, 4) is 0 Å². The van der Waals surface area contributed by atoms with Crippen LogP contribution >= 0.6 is 27.5 Å². The quantitative estimate of drug-likeness (QED) is 0.617. The summed E-state index contributed by atoms with van der Waals surface area (Å²) in [6.45, 7) is 0.548. The molecule has 0 saturated heterocycles. The van der Waals surface area contributed by atoms with Crippen molar-refractivity contribution < 1.29 is 0 Å². The molecule has 0 aromatic heterocycles. The molecule has 0 amide bonds. The molecule has 0 saturated carbocycles. The molecular weight excluding hydrogens is 165 g/mol. The van der Waals surface area contributed by atoms with E-state index >= 15 is 0 Å². The molecular formula is C3H7BrClN. The van der Waals surface area contributed by atoms with Gasteiger partial charge in [0.15, 0.2) is 0 Å². The first kappa shape index (κ1) is 6.73. The summed E-state index contributed by atoms with van der Waals surface area (Å²) in [6.07, 6.45) is 0. The molecule has 0 heterocycles. The summed E-state index contributed by atoms with van der Waals surface area (Å²) < 4.78 is 0. The fourth-order valence-electron chi connectivity index (χ4n) is 0.0630. The van der Waals surface area contributed by atoms with E-state index in [1.165, 1.54) is 0 Å². The fraction of sp³-hybridized carbons (Fsp3) is 1.00. The molecule has 38 valence electrons. The van der Waals surface area contributed by atoms with E-state index in [1.54, 1.807) is 0 Å². The molecule has 3 heteroatoms. The molecule has 1 atom stereocenters. The van der Waals surface area contributed by atoms with Gasteiger partial charge >= 0.3 is 0 Å². The van der Waals surface area contributed by atoms with Crippen molar-refractivity contribution in [3.05, 3.63) is 0 Å². The molecule has 0 aliphatic heterocycles. The number of alkyl halides is 2. The Morgan fingerprint density at radius 3 is 2.33 bits per heavy atom. The van der Waals surface area contributed by atoms with Crippen molar-refractivity contribution >= 4 is 27.5 Å². The Kier molecular flexibility index (Phi) is 4.38. The lowest BCUT2D eigenvalue weighted by Crippen LogP contribution is -2.14. The lowest BCUT2D eigenvalue weighted by Gasteiger charge is -1.94. The van der Waals surface area contributed by atoms with E-state index in [-0.39, 0.29) is 5.38 Å². The third-order valence-electron chi connectivity index (χ3n) is 0.423. The van der Waals surface area contributed by atoms with E-state index in [0.29, 0.717) is 6.54 Å². The Hall–Kier alpha value is 0.730. The third-order valence-corrected chi connectivity index (χ3v) is 1.91. The third kappa shape index (κ3) is 2.94. The van der Waals surface area contributed by atoms with Crippen LogP contribution in [0.3, 0.4) is 0 Å². The predicted molar refractivity (Wildman–Crippen MR) is 32.5 cm³/mol. The molecule has 2 N–H and O–H groups in total. The van der Waals surface area contributed by atoms with Gasteiger partial charge in [0.25, 0.3) is 0 Å². The van der Waals surface area contributed by atoms with Crippen molar-refractivity contribution in [3.63, 3.8) is 0 Å². The number of hydrogen-bond donors (Lipinski definition) is 1. The maximum absolute atomic E-state index is 5.48. The van der Waals surface area contributed by atoms with Crippen LogP contribution in [-0.4, -0.2) is 17.3 Å². The van der Waals surface area contributed by atoms with E-state index in [4.69, 9.17) is 17.3 Å². The standard InChI is InChI=1S/C3H7BrClN/c4-1-3(5)2-6/h3H,1-2,6H2. The van der Waals surface area contributed by atoms with E-state index in [2.05, 4.69) is 15.9 Å². The smallest absolute Gasteiger partial charge is 0.0555 e. The molecule has 0 spiro atoms. The predicted octanol–water partition coefficient (Wildman–Crippen LogP) is 0.947. The van der Waals surface area contributed by atoms with Crippen LogP contribution in [0.25, 0.3) is 0 Å². The monoisotopic (exact) mass is 171 g/mol. The van der Waals surface area contributed by atoms with Gasteiger partial charge in [-0.3, -0.25) is 0 Å². The Labute approximate surface area is 51.0 Å². The van der Waals surface area contributed by atoms with Gasteiger partial charge in [-0.1, -0.05) is 15.9 Å². The van der Waals surface area contributed by atoms with Gasteiger partial charge in [-0.25, -0.2) is 0 Å². The highest BCUT2D eigenvalue weighted by molar-refractivity contribution is 9.09. The zero-order chi connectivity index (χ0) is 4.99. The zero-order valence-corrected chi connectivity index (χ0v) is 5.67. The molecule has 1 unspecified atom stereocenters. The Bertz CT molecular complexity index is 30.0. The molecule has 0 aliphatic carbocycles. The Morgan fingerprint density at radius 2 is 2.33 bits per heavy atom. The largest absolute Gasteiger partial charge is 0.329 e. The summed E-state index contributed by atoms with van der Waals surface area (Å²) in [5.74, 6) is 0. The second-order valence-electron chi connectivity index (χ2n) is 0.987. The highest BCUT2D eigenvalue weighted by Crippen LogP contribution is 1.95. The Morgan fingerprint density at radius 1 is 1.83 bits per heavy atom. The molecule has 0 radical (unpaired) electrons. The van der Waals surface area contributed by atoms with Gasteiger partial charge in [-0.15, -0.1) is 11.6 Å². The number of rotatable bonds is 2. The van der Waals surface area contributed by atoms with Crippen LogP contribution in [0.15, 0.2) is 0 Å². The topological polar surface area (TPSA) is 26.0 Å². The van der Waals surface area contributed by atoms with E-state index in [9.17, 15) is 0 Å².